The molecule has 3 heteroatoms. The molecule has 0 amide bonds. The summed E-state index contributed by atoms with van der Waals surface area (Å²) < 4.78 is 2.13. The third-order valence-corrected chi connectivity index (χ3v) is 2.33. The summed E-state index contributed by atoms with van der Waals surface area (Å²) in [7, 11) is 0. The molecule has 0 aliphatic carbocycles. The fraction of sp³-hybridized carbons (Fsp3) is 0.364. The second-order valence-corrected chi connectivity index (χ2v) is 3.36. The molecule has 0 fully saturated rings. The van der Waals surface area contributed by atoms with Crippen LogP contribution in [0.15, 0.2) is 30.6 Å². The molecule has 2 rings (SSSR count). The molecule has 2 aromatic rings. The summed E-state index contributed by atoms with van der Waals surface area (Å²) in [5, 5.41) is 8.68. The number of benzene rings is 1. The van der Waals surface area contributed by atoms with Gasteiger partial charge in [-0.2, -0.15) is 0 Å². The molecule has 1 aromatic carbocycles. The molecule has 0 spiro atoms. The average molecular weight is 190 g/mol. The number of aliphatic hydroxyl groups is 1. The van der Waals surface area contributed by atoms with Gasteiger partial charge in [-0.25, -0.2) is 4.98 Å². The van der Waals surface area contributed by atoms with Crippen LogP contribution in [0.3, 0.4) is 0 Å². The van der Waals surface area contributed by atoms with E-state index in [9.17, 15) is 0 Å². The molecule has 0 bridgehead atoms. The maximum absolute atomic E-state index is 8.68. The smallest absolute Gasteiger partial charge is 0.0958 e. The van der Waals surface area contributed by atoms with Gasteiger partial charge < -0.3 is 9.67 Å². The topological polar surface area (TPSA) is 38.0 Å². The van der Waals surface area contributed by atoms with Crippen molar-refractivity contribution in [2.24, 2.45) is 0 Å². The van der Waals surface area contributed by atoms with E-state index in [1.807, 2.05) is 24.5 Å². The minimum Gasteiger partial charge on any atom is -0.396 e. The van der Waals surface area contributed by atoms with Gasteiger partial charge in [0.15, 0.2) is 0 Å². The van der Waals surface area contributed by atoms with Crippen molar-refractivity contribution in [1.29, 1.82) is 0 Å². The van der Waals surface area contributed by atoms with Crippen molar-refractivity contribution in [1.82, 2.24) is 9.55 Å². The molecular formula is C11H14N2O. The molecule has 0 aliphatic rings. The molecule has 0 radical (unpaired) electrons. The Morgan fingerprint density at radius 1 is 1.21 bits per heavy atom. The number of aromatic nitrogens is 2. The van der Waals surface area contributed by atoms with Crippen LogP contribution in [0.5, 0.6) is 0 Å². The Morgan fingerprint density at radius 3 is 2.93 bits per heavy atom. The van der Waals surface area contributed by atoms with Gasteiger partial charge in [-0.1, -0.05) is 12.1 Å². The van der Waals surface area contributed by atoms with Crippen molar-refractivity contribution in [3.63, 3.8) is 0 Å². The van der Waals surface area contributed by atoms with E-state index in [1.165, 1.54) is 5.52 Å². The minimum absolute atomic E-state index is 0.270. The van der Waals surface area contributed by atoms with Gasteiger partial charge in [-0.15, -0.1) is 0 Å². The summed E-state index contributed by atoms with van der Waals surface area (Å²) in [5.41, 5.74) is 2.21. The lowest BCUT2D eigenvalue weighted by Gasteiger charge is -2.02. The van der Waals surface area contributed by atoms with Crippen molar-refractivity contribution in [3.8, 4) is 0 Å². The molecule has 0 unspecified atom stereocenters. The van der Waals surface area contributed by atoms with Crippen molar-refractivity contribution in [3.05, 3.63) is 30.6 Å². The van der Waals surface area contributed by atoms with Crippen molar-refractivity contribution in [2.75, 3.05) is 6.61 Å². The molecule has 0 saturated heterocycles. The van der Waals surface area contributed by atoms with E-state index < -0.39 is 0 Å². The summed E-state index contributed by atoms with van der Waals surface area (Å²) in [6.07, 6.45) is 3.71. The first kappa shape index (κ1) is 9.21. The average Bonchev–Trinajstić information content (AvgIpc) is 2.63. The molecule has 0 atom stereocenters. The van der Waals surface area contributed by atoms with Gasteiger partial charge in [0.2, 0.25) is 0 Å². The van der Waals surface area contributed by atoms with E-state index in [1.54, 1.807) is 0 Å². The number of hydrogen-bond acceptors (Lipinski definition) is 2. The van der Waals surface area contributed by atoms with Crippen LogP contribution in [-0.4, -0.2) is 21.3 Å². The molecule has 0 saturated carbocycles. The quantitative estimate of drug-likeness (QED) is 0.747. The Hall–Kier alpha value is -1.35. The van der Waals surface area contributed by atoms with E-state index in [4.69, 9.17) is 5.11 Å². The van der Waals surface area contributed by atoms with E-state index in [-0.39, 0.29) is 6.61 Å². The fourth-order valence-electron chi connectivity index (χ4n) is 1.58. The van der Waals surface area contributed by atoms with Crippen LogP contribution in [-0.2, 0) is 6.54 Å². The number of unbranched alkanes of at least 4 members (excludes halogenated alkanes) is 1. The van der Waals surface area contributed by atoms with Crippen LogP contribution in [0.2, 0.25) is 0 Å². The van der Waals surface area contributed by atoms with Crippen LogP contribution in [0.25, 0.3) is 11.0 Å². The molecule has 74 valence electrons. The van der Waals surface area contributed by atoms with Crippen molar-refractivity contribution >= 4 is 11.0 Å². The van der Waals surface area contributed by atoms with Gasteiger partial charge in [0.25, 0.3) is 0 Å². The maximum atomic E-state index is 8.68. The van der Waals surface area contributed by atoms with Crippen LogP contribution in [0.4, 0.5) is 0 Å². The number of fused-ring (bicyclic) bond motifs is 1. The summed E-state index contributed by atoms with van der Waals surface area (Å²) in [5.74, 6) is 0. The first-order valence-electron chi connectivity index (χ1n) is 4.92. The SMILES string of the molecule is OCCCCn1cnc2ccccc21. The molecule has 1 N–H and O–H groups in total. The Kier molecular flexibility index (Phi) is 2.79. The maximum Gasteiger partial charge on any atom is 0.0958 e. The lowest BCUT2D eigenvalue weighted by molar-refractivity contribution is 0.281. The number of imidazole rings is 1. The van der Waals surface area contributed by atoms with Crippen molar-refractivity contribution < 1.29 is 5.11 Å². The van der Waals surface area contributed by atoms with Gasteiger partial charge in [0.1, 0.15) is 0 Å². The number of aliphatic hydroxyl groups excluding tert-OH is 1. The third-order valence-electron chi connectivity index (χ3n) is 2.33. The number of nitrogens with zero attached hydrogens (tertiary/aromatic N) is 2. The fourth-order valence-corrected chi connectivity index (χ4v) is 1.58. The molecule has 1 heterocycles. The predicted octanol–water partition coefficient (Wildman–Crippen LogP) is 1.81. The summed E-state index contributed by atoms with van der Waals surface area (Å²) in [4.78, 5) is 4.30. The second kappa shape index (κ2) is 4.24. The number of hydrogen-bond donors (Lipinski definition) is 1. The number of aryl methyl sites for hydroxylation is 1. The summed E-state index contributed by atoms with van der Waals surface area (Å²) in [6.45, 7) is 1.20. The minimum atomic E-state index is 0.270. The monoisotopic (exact) mass is 190 g/mol. The lowest BCUT2D eigenvalue weighted by atomic mass is 10.3. The highest BCUT2D eigenvalue weighted by atomic mass is 16.2. The summed E-state index contributed by atoms with van der Waals surface area (Å²) in [6, 6.07) is 8.10. The third kappa shape index (κ3) is 1.77. The van der Waals surface area contributed by atoms with E-state index in [2.05, 4.69) is 15.6 Å². The normalized spacial score (nSPS) is 10.9. The highest BCUT2D eigenvalue weighted by Crippen LogP contribution is 2.12. The Bertz CT molecular complexity index is 408. The van der Waals surface area contributed by atoms with Gasteiger partial charge >= 0.3 is 0 Å². The zero-order valence-corrected chi connectivity index (χ0v) is 8.06. The van der Waals surface area contributed by atoms with Gasteiger partial charge in [-0.05, 0) is 25.0 Å². The zero-order valence-electron chi connectivity index (χ0n) is 8.06. The largest absolute Gasteiger partial charge is 0.396 e. The lowest BCUT2D eigenvalue weighted by Crippen LogP contribution is -1.96. The van der Waals surface area contributed by atoms with E-state index in [0.717, 1.165) is 24.9 Å². The van der Waals surface area contributed by atoms with Crippen LogP contribution < -0.4 is 0 Å². The predicted molar refractivity (Wildman–Crippen MR) is 56.1 cm³/mol. The first-order chi connectivity index (χ1) is 6.92. The van der Waals surface area contributed by atoms with E-state index in [0.29, 0.717) is 0 Å². The first-order valence-corrected chi connectivity index (χ1v) is 4.92. The standard InChI is InChI=1S/C11H14N2O/c14-8-4-3-7-13-9-12-10-5-1-2-6-11(10)13/h1-2,5-6,9,14H,3-4,7-8H2. The number of rotatable bonds is 4. The molecule has 14 heavy (non-hydrogen) atoms. The van der Waals surface area contributed by atoms with Gasteiger partial charge in [-0.3, -0.25) is 0 Å². The Labute approximate surface area is 83.0 Å². The van der Waals surface area contributed by atoms with Crippen LogP contribution in [0.1, 0.15) is 12.8 Å². The highest BCUT2D eigenvalue weighted by Gasteiger charge is 1.99. The van der Waals surface area contributed by atoms with Crippen LogP contribution in [0, 0.1) is 0 Å². The molecule has 1 aromatic heterocycles. The zero-order chi connectivity index (χ0) is 9.80. The number of para-hydroxylation sites is 2. The second-order valence-electron chi connectivity index (χ2n) is 3.36. The van der Waals surface area contributed by atoms with Gasteiger partial charge in [0, 0.05) is 13.2 Å². The Morgan fingerprint density at radius 2 is 2.07 bits per heavy atom. The summed E-state index contributed by atoms with van der Waals surface area (Å²) >= 11 is 0. The highest BCUT2D eigenvalue weighted by molar-refractivity contribution is 5.74. The van der Waals surface area contributed by atoms with Crippen molar-refractivity contribution in [2.45, 2.75) is 19.4 Å². The Balaban J connectivity index is 2.17. The molecule has 3 nitrogen and oxygen atoms in total. The molecule has 0 aliphatic heterocycles. The van der Waals surface area contributed by atoms with Crippen LogP contribution >= 0.6 is 0 Å². The molecular weight excluding hydrogens is 176 g/mol. The van der Waals surface area contributed by atoms with Gasteiger partial charge in [0.05, 0.1) is 17.4 Å². The van der Waals surface area contributed by atoms with E-state index >= 15 is 0 Å².